The quantitative estimate of drug-likeness (QED) is 0.0163. The first-order chi connectivity index (χ1) is 30.7. The van der Waals surface area contributed by atoms with Crippen LogP contribution >= 0.6 is 0 Å². The predicted molar refractivity (Wildman–Crippen MR) is 266 cm³/mol. The molecule has 0 aliphatic heterocycles. The van der Waals surface area contributed by atoms with Crippen molar-refractivity contribution in [2.75, 3.05) is 78.5 Å². The van der Waals surface area contributed by atoms with E-state index in [0.29, 0.717) is 0 Å². The van der Waals surface area contributed by atoms with Gasteiger partial charge in [0.1, 0.15) is 12.6 Å². The first kappa shape index (κ1) is 58.9. The molecule has 0 atom stereocenters. The summed E-state index contributed by atoms with van der Waals surface area (Å²) in [7, 11) is 0. The fourth-order valence-corrected chi connectivity index (χ4v) is 5.78. The molecular weight excluding hydrogens is 820 g/mol. The van der Waals surface area contributed by atoms with Gasteiger partial charge in [-0.05, 0) is 108 Å². The van der Waals surface area contributed by atoms with Crippen molar-refractivity contribution in [3.63, 3.8) is 0 Å². The van der Waals surface area contributed by atoms with Gasteiger partial charge in [-0.25, -0.2) is 0 Å². The molecule has 11 heteroatoms. The summed E-state index contributed by atoms with van der Waals surface area (Å²) < 4.78 is 0. The molecule has 0 fully saturated rings. The van der Waals surface area contributed by atoms with E-state index in [1.165, 1.54) is 81.8 Å². The predicted octanol–water partition coefficient (Wildman–Crippen LogP) is 8.16. The van der Waals surface area contributed by atoms with Gasteiger partial charge in [0, 0.05) is 68.3 Å². The second-order valence-electron chi connectivity index (χ2n) is 14.8. The third kappa shape index (κ3) is 41.7. The summed E-state index contributed by atoms with van der Waals surface area (Å²) in [5, 5.41) is 13.8. The molecule has 1 radical (unpaired) electrons. The minimum atomic E-state index is 0. The first-order valence-corrected chi connectivity index (χ1v) is 23.1. The van der Waals surface area contributed by atoms with Crippen LogP contribution in [0.5, 0.6) is 0 Å². The monoisotopic (exact) mass is 900 g/mol. The Morgan fingerprint density at radius 1 is 0.349 bits per heavy atom. The van der Waals surface area contributed by atoms with Crippen molar-refractivity contribution in [1.82, 2.24) is 21.3 Å². The van der Waals surface area contributed by atoms with Crippen molar-refractivity contribution < 1.29 is 28.1 Å². The fraction of sp³-hybridized carbons (Fsp3) is 0.462. The van der Waals surface area contributed by atoms with Crippen LogP contribution < -0.4 is 32.7 Å². The van der Waals surface area contributed by atoms with E-state index in [9.17, 15) is 9.59 Å². The molecule has 63 heavy (non-hydrogen) atoms. The van der Waals surface area contributed by atoms with Crippen molar-refractivity contribution in [3.8, 4) is 0 Å². The van der Waals surface area contributed by atoms with E-state index < -0.39 is 0 Å². The van der Waals surface area contributed by atoms with Crippen LogP contribution in [0.1, 0.15) is 109 Å². The van der Waals surface area contributed by atoms with Gasteiger partial charge >= 0.3 is 0 Å². The van der Waals surface area contributed by atoms with E-state index in [4.69, 9.17) is 11.5 Å². The van der Waals surface area contributed by atoms with Gasteiger partial charge in [-0.15, -0.1) is 0 Å². The number of nitrogens with one attached hydrogen (secondary N) is 4. The first-order valence-electron chi connectivity index (χ1n) is 23.1. The number of carbonyl (C=O) groups excluding carboxylic acids is 2. The van der Waals surface area contributed by atoms with Gasteiger partial charge in [0.25, 0.3) is 0 Å². The van der Waals surface area contributed by atoms with Crippen molar-refractivity contribution in [3.05, 3.63) is 144 Å². The molecule has 0 spiro atoms. The van der Waals surface area contributed by atoms with Crippen LogP contribution in [0.2, 0.25) is 0 Å². The number of rotatable bonds is 32. The number of aliphatic imine (C=N–C) groups is 2. The Morgan fingerprint density at radius 3 is 1.02 bits per heavy atom. The van der Waals surface area contributed by atoms with E-state index in [0.717, 1.165) is 109 Å². The maximum absolute atomic E-state index is 10.0. The molecule has 0 amide bonds. The van der Waals surface area contributed by atoms with Crippen molar-refractivity contribution in [1.29, 1.82) is 0 Å². The van der Waals surface area contributed by atoms with E-state index in [1.807, 2.05) is 85.2 Å². The van der Waals surface area contributed by atoms with E-state index in [1.54, 1.807) is 24.3 Å². The summed E-state index contributed by atoms with van der Waals surface area (Å²) in [6.07, 6.45) is 20.5. The third-order valence-electron chi connectivity index (χ3n) is 9.30. The van der Waals surface area contributed by atoms with Crippen LogP contribution in [0, 0.1) is 0 Å². The van der Waals surface area contributed by atoms with Crippen LogP contribution in [-0.2, 0) is 18.6 Å². The number of nitrogens with zero attached hydrogens (tertiary/aromatic N) is 2. The summed E-state index contributed by atoms with van der Waals surface area (Å²) in [5.74, 6) is 0. The van der Waals surface area contributed by atoms with Crippen LogP contribution in [0.15, 0.2) is 131 Å². The van der Waals surface area contributed by atoms with Crippen LogP contribution in [-0.4, -0.2) is 104 Å². The SMILES string of the molecule is C(=NCCCCCNCCCCCNCCN=Cc1ccccc1)c1ccccc1.NCCCCCNCCCCCNCCN.O=Cc1ccccc1.O=Cc1ccccc1.[V]. The standard InChI is InChI=1S/C26H38N4.C12H30N4.2C7H6O.V/c1-5-13-25(14-6-1)23-29-20-12-4-10-18-27-17-9-3-11-19-28-21-22-30-24-26-15-7-2-8-16-26;13-7-3-1-4-9-15-10-5-2-6-11-16-12-8-14;2*8-6-7-4-2-1-3-5-7;/h1-2,5-8,13-16,23-24,27-28H,3-4,9-12,17-22H2;15-16H,1-14H2;2*1-6H;. The topological polar surface area (TPSA) is 159 Å². The Hall–Kier alpha value is -4.10. The van der Waals surface area contributed by atoms with Crippen LogP contribution in [0.3, 0.4) is 0 Å². The van der Waals surface area contributed by atoms with Crippen molar-refractivity contribution >= 4 is 25.0 Å². The van der Waals surface area contributed by atoms with E-state index >= 15 is 0 Å². The van der Waals surface area contributed by atoms with Gasteiger partial charge in [-0.1, -0.05) is 147 Å². The van der Waals surface area contributed by atoms with E-state index in [-0.39, 0.29) is 18.6 Å². The number of hydrogen-bond acceptors (Lipinski definition) is 10. The van der Waals surface area contributed by atoms with Crippen LogP contribution in [0.25, 0.3) is 0 Å². The molecule has 0 saturated heterocycles. The Labute approximate surface area is 393 Å². The van der Waals surface area contributed by atoms with Gasteiger partial charge in [0.15, 0.2) is 0 Å². The molecule has 345 valence electrons. The Balaban J connectivity index is 0.000000961. The minimum Gasteiger partial charge on any atom is -0.330 e. The third-order valence-corrected chi connectivity index (χ3v) is 9.30. The second kappa shape index (κ2) is 48.9. The molecule has 4 aromatic rings. The zero-order chi connectivity index (χ0) is 44.5. The van der Waals surface area contributed by atoms with Crippen molar-refractivity contribution in [2.45, 2.75) is 77.0 Å². The number of unbranched alkanes of at least 4 members (excludes halogenated alkanes) is 8. The Bertz CT molecular complexity index is 1450. The molecular formula is C52H80N8O2V. The normalized spacial score (nSPS) is 10.4. The maximum Gasteiger partial charge on any atom is 0.150 e. The Kier molecular flexibility index (Phi) is 45.7. The fourth-order valence-electron chi connectivity index (χ4n) is 5.78. The zero-order valence-electron chi connectivity index (χ0n) is 38.1. The molecule has 8 N–H and O–H groups in total. The average molecular weight is 900 g/mol. The molecule has 0 saturated carbocycles. The second-order valence-corrected chi connectivity index (χ2v) is 14.8. The number of carbonyl (C=O) groups is 2. The molecule has 0 aromatic heterocycles. The van der Waals surface area contributed by atoms with E-state index in [2.05, 4.69) is 55.5 Å². The van der Waals surface area contributed by atoms with Gasteiger partial charge in [0.05, 0.1) is 6.54 Å². The average Bonchev–Trinajstić information content (AvgIpc) is 3.33. The molecule has 0 aliphatic carbocycles. The zero-order valence-corrected chi connectivity index (χ0v) is 39.5. The van der Waals surface area contributed by atoms with Gasteiger partial charge in [-0.2, -0.15) is 0 Å². The number of hydrogen-bond donors (Lipinski definition) is 6. The number of nitrogens with two attached hydrogens (primary N) is 2. The molecule has 0 aliphatic rings. The molecule has 0 heterocycles. The molecule has 0 unspecified atom stereocenters. The van der Waals surface area contributed by atoms with Gasteiger partial charge in [-0.3, -0.25) is 19.6 Å². The number of benzene rings is 4. The summed E-state index contributed by atoms with van der Waals surface area (Å²) in [4.78, 5) is 29.0. The molecule has 0 bridgehead atoms. The van der Waals surface area contributed by atoms with Gasteiger partial charge in [0.2, 0.25) is 0 Å². The largest absolute Gasteiger partial charge is 0.330 e. The Morgan fingerprint density at radius 2 is 0.667 bits per heavy atom. The summed E-state index contributed by atoms with van der Waals surface area (Å²) in [5.41, 5.74) is 14.6. The van der Waals surface area contributed by atoms with Crippen molar-refractivity contribution in [2.24, 2.45) is 21.5 Å². The number of aldehydes is 2. The maximum atomic E-state index is 10.0. The minimum absolute atomic E-state index is 0. The smallest absolute Gasteiger partial charge is 0.150 e. The molecule has 4 rings (SSSR count). The summed E-state index contributed by atoms with van der Waals surface area (Å²) in [6.45, 7) is 12.0. The summed E-state index contributed by atoms with van der Waals surface area (Å²) >= 11 is 0. The summed E-state index contributed by atoms with van der Waals surface area (Å²) in [6, 6.07) is 38.8. The molecule has 10 nitrogen and oxygen atoms in total. The van der Waals surface area contributed by atoms with Crippen LogP contribution in [0.4, 0.5) is 0 Å². The van der Waals surface area contributed by atoms with Gasteiger partial charge < -0.3 is 32.7 Å². The molecule has 4 aromatic carbocycles.